The standard InChI is InChI=1S/C25H25N5O5/c1-4-19-22(17-8-11-20(33-2)21(14-17)34-3)29-30(25(32)35-19)15-16-6-9-18(10-7-16)28-24(31)23-26-12-5-13-27-23/h5-14,19H,4,15H2,1-3H3,(H,28,31). The molecule has 1 aliphatic heterocycles. The second kappa shape index (κ2) is 10.6. The van der Waals surface area contributed by atoms with Crippen molar-refractivity contribution in [2.45, 2.75) is 26.0 Å². The predicted octanol–water partition coefficient (Wildman–Crippen LogP) is 3.88. The number of methoxy groups -OCH3 is 2. The van der Waals surface area contributed by atoms with Gasteiger partial charge < -0.3 is 19.5 Å². The van der Waals surface area contributed by atoms with Crippen LogP contribution < -0.4 is 14.8 Å². The Morgan fingerprint density at radius 3 is 2.43 bits per heavy atom. The lowest BCUT2D eigenvalue weighted by atomic mass is 10.0. The summed E-state index contributed by atoms with van der Waals surface area (Å²) in [4.78, 5) is 32.7. The lowest BCUT2D eigenvalue weighted by molar-refractivity contribution is 0.0712. The molecular weight excluding hydrogens is 450 g/mol. The van der Waals surface area contributed by atoms with Crippen molar-refractivity contribution >= 4 is 23.4 Å². The third-order valence-corrected chi connectivity index (χ3v) is 5.35. The molecule has 0 saturated carbocycles. The molecule has 0 bridgehead atoms. The van der Waals surface area contributed by atoms with Crippen LogP contribution in [0.4, 0.5) is 10.5 Å². The van der Waals surface area contributed by atoms with Crippen molar-refractivity contribution in [2.75, 3.05) is 19.5 Å². The summed E-state index contributed by atoms with van der Waals surface area (Å²) in [5, 5.41) is 8.64. The molecule has 0 fully saturated rings. The number of nitrogens with one attached hydrogen (secondary N) is 1. The van der Waals surface area contributed by atoms with Crippen molar-refractivity contribution in [1.29, 1.82) is 0 Å². The first kappa shape index (κ1) is 23.7. The minimum atomic E-state index is -0.528. The van der Waals surface area contributed by atoms with Crippen LogP contribution in [0.25, 0.3) is 0 Å². The summed E-state index contributed by atoms with van der Waals surface area (Å²) in [5.74, 6) is 0.827. The average Bonchev–Trinajstić information content (AvgIpc) is 2.90. The quantitative estimate of drug-likeness (QED) is 0.526. The van der Waals surface area contributed by atoms with E-state index >= 15 is 0 Å². The van der Waals surface area contributed by atoms with Crippen LogP contribution in [0.1, 0.15) is 35.1 Å². The molecular formula is C25H25N5O5. The SMILES string of the molecule is CCC1OC(=O)N(Cc2ccc(NC(=O)c3ncccn3)cc2)N=C1c1ccc(OC)c(OC)c1. The molecule has 0 radical (unpaired) electrons. The number of ether oxygens (including phenoxy) is 3. The Morgan fingerprint density at radius 2 is 1.77 bits per heavy atom. The Hall–Kier alpha value is -4.47. The first-order valence-electron chi connectivity index (χ1n) is 11.0. The van der Waals surface area contributed by atoms with Crippen molar-refractivity contribution in [3.8, 4) is 11.5 Å². The number of hydrogen-bond donors (Lipinski definition) is 1. The van der Waals surface area contributed by atoms with Crippen LogP contribution in [0.2, 0.25) is 0 Å². The van der Waals surface area contributed by atoms with E-state index in [0.717, 1.165) is 11.1 Å². The highest BCUT2D eigenvalue weighted by Gasteiger charge is 2.31. The number of nitrogens with zero attached hydrogens (tertiary/aromatic N) is 4. The van der Waals surface area contributed by atoms with E-state index < -0.39 is 18.1 Å². The van der Waals surface area contributed by atoms with Crippen LogP contribution in [-0.4, -0.2) is 53.0 Å². The topological polar surface area (TPSA) is 115 Å². The molecule has 0 aliphatic carbocycles. The lowest BCUT2D eigenvalue weighted by Crippen LogP contribution is -2.41. The molecule has 10 heteroatoms. The zero-order valence-corrected chi connectivity index (χ0v) is 19.6. The molecule has 4 rings (SSSR count). The van der Waals surface area contributed by atoms with Crippen molar-refractivity contribution in [2.24, 2.45) is 5.10 Å². The van der Waals surface area contributed by atoms with Crippen molar-refractivity contribution < 1.29 is 23.8 Å². The van der Waals surface area contributed by atoms with E-state index in [0.29, 0.717) is 29.3 Å². The van der Waals surface area contributed by atoms with Crippen LogP contribution in [-0.2, 0) is 11.3 Å². The average molecular weight is 476 g/mol. The normalized spacial score (nSPS) is 15.2. The minimum Gasteiger partial charge on any atom is -0.493 e. The van der Waals surface area contributed by atoms with Gasteiger partial charge in [0.25, 0.3) is 5.91 Å². The van der Waals surface area contributed by atoms with Crippen molar-refractivity contribution in [3.63, 3.8) is 0 Å². The van der Waals surface area contributed by atoms with Gasteiger partial charge in [0.1, 0.15) is 11.8 Å². The maximum Gasteiger partial charge on any atom is 0.431 e. The third kappa shape index (κ3) is 5.37. The van der Waals surface area contributed by atoms with Crippen LogP contribution in [0, 0.1) is 0 Å². The fraction of sp³-hybridized carbons (Fsp3) is 0.240. The molecule has 2 amide bonds. The fourth-order valence-corrected chi connectivity index (χ4v) is 3.56. The van der Waals surface area contributed by atoms with Gasteiger partial charge >= 0.3 is 6.09 Å². The van der Waals surface area contributed by atoms with Gasteiger partial charge in [0.2, 0.25) is 5.82 Å². The van der Waals surface area contributed by atoms with Gasteiger partial charge in [-0.15, -0.1) is 0 Å². The number of rotatable bonds is 8. The molecule has 2 heterocycles. The Labute approximate surface area is 202 Å². The number of amides is 2. The molecule has 0 spiro atoms. The second-order valence-corrected chi connectivity index (χ2v) is 7.62. The highest BCUT2D eigenvalue weighted by Crippen LogP contribution is 2.30. The van der Waals surface area contributed by atoms with Gasteiger partial charge in [-0.3, -0.25) is 4.79 Å². The van der Waals surface area contributed by atoms with Gasteiger partial charge in [0.15, 0.2) is 11.5 Å². The van der Waals surface area contributed by atoms with Crippen molar-refractivity contribution in [1.82, 2.24) is 15.0 Å². The van der Waals surface area contributed by atoms with Gasteiger partial charge in [-0.25, -0.2) is 14.8 Å². The lowest BCUT2D eigenvalue weighted by Gasteiger charge is -2.29. The van der Waals surface area contributed by atoms with E-state index in [1.54, 1.807) is 50.6 Å². The monoisotopic (exact) mass is 475 g/mol. The van der Waals surface area contributed by atoms with Crippen LogP contribution >= 0.6 is 0 Å². The van der Waals surface area contributed by atoms with Gasteiger partial charge in [0.05, 0.1) is 20.8 Å². The largest absolute Gasteiger partial charge is 0.493 e. The molecule has 1 unspecified atom stereocenters. The zero-order chi connectivity index (χ0) is 24.8. The molecule has 2 aromatic carbocycles. The molecule has 10 nitrogen and oxygen atoms in total. The molecule has 1 aliphatic rings. The van der Waals surface area contributed by atoms with Crippen molar-refractivity contribution in [3.05, 3.63) is 77.9 Å². The highest BCUT2D eigenvalue weighted by atomic mass is 16.6. The molecule has 1 atom stereocenters. The summed E-state index contributed by atoms with van der Waals surface area (Å²) in [7, 11) is 3.13. The first-order valence-corrected chi connectivity index (χ1v) is 11.0. The van der Waals surface area contributed by atoms with E-state index in [2.05, 4.69) is 20.4 Å². The number of anilines is 1. The van der Waals surface area contributed by atoms with E-state index in [1.807, 2.05) is 19.1 Å². The van der Waals surface area contributed by atoms with Crippen LogP contribution in [0.15, 0.2) is 66.0 Å². The van der Waals surface area contributed by atoms with E-state index in [9.17, 15) is 9.59 Å². The summed E-state index contributed by atoms with van der Waals surface area (Å²) >= 11 is 0. The number of cyclic esters (lactones) is 1. The maximum atomic E-state index is 12.6. The Morgan fingerprint density at radius 1 is 1.06 bits per heavy atom. The second-order valence-electron chi connectivity index (χ2n) is 7.62. The molecule has 1 aromatic heterocycles. The van der Waals surface area contributed by atoms with Gasteiger partial charge in [-0.1, -0.05) is 19.1 Å². The Balaban J connectivity index is 1.52. The molecule has 1 N–H and O–H groups in total. The number of carbonyl (C=O) groups is 2. The minimum absolute atomic E-state index is 0.0788. The van der Waals surface area contributed by atoms with Gasteiger partial charge in [-0.2, -0.15) is 10.1 Å². The highest BCUT2D eigenvalue weighted by molar-refractivity contribution is 6.06. The van der Waals surface area contributed by atoms with E-state index in [1.165, 1.54) is 17.4 Å². The summed E-state index contributed by atoms with van der Waals surface area (Å²) in [5.41, 5.74) is 2.78. The Bertz CT molecular complexity index is 1230. The van der Waals surface area contributed by atoms with Crippen LogP contribution in [0.5, 0.6) is 11.5 Å². The zero-order valence-electron chi connectivity index (χ0n) is 19.6. The van der Waals surface area contributed by atoms with Crippen LogP contribution in [0.3, 0.4) is 0 Å². The summed E-state index contributed by atoms with van der Waals surface area (Å²) in [6, 6.07) is 14.2. The third-order valence-electron chi connectivity index (χ3n) is 5.35. The molecule has 0 saturated heterocycles. The fourth-order valence-electron chi connectivity index (χ4n) is 3.56. The molecule has 3 aromatic rings. The predicted molar refractivity (Wildman–Crippen MR) is 129 cm³/mol. The number of carbonyl (C=O) groups excluding carboxylic acids is 2. The molecule has 180 valence electrons. The van der Waals surface area contributed by atoms with Gasteiger partial charge in [-0.05, 0) is 48.4 Å². The first-order chi connectivity index (χ1) is 17.0. The molecule has 35 heavy (non-hydrogen) atoms. The van der Waals surface area contributed by atoms with E-state index in [-0.39, 0.29) is 12.4 Å². The number of hydrogen-bond acceptors (Lipinski definition) is 8. The number of hydrazone groups is 1. The van der Waals surface area contributed by atoms with E-state index in [4.69, 9.17) is 14.2 Å². The smallest absolute Gasteiger partial charge is 0.431 e. The number of benzene rings is 2. The summed E-state index contributed by atoms with van der Waals surface area (Å²) in [6.45, 7) is 2.12. The summed E-state index contributed by atoms with van der Waals surface area (Å²) in [6.07, 6.45) is 2.58. The maximum absolute atomic E-state index is 12.6. The Kier molecular flexibility index (Phi) is 7.20. The van der Waals surface area contributed by atoms with Gasteiger partial charge in [0, 0.05) is 23.6 Å². The number of aromatic nitrogens is 2. The summed E-state index contributed by atoms with van der Waals surface area (Å²) < 4.78 is 16.4.